The minimum absolute atomic E-state index is 0.163. The van der Waals surface area contributed by atoms with Crippen LogP contribution < -0.4 is 0 Å². The molecular weight excluding hydrogens is 236 g/mol. The van der Waals surface area contributed by atoms with Gasteiger partial charge in [0.05, 0.1) is 5.92 Å². The fourth-order valence-corrected chi connectivity index (χ4v) is 3.62. The van der Waals surface area contributed by atoms with Gasteiger partial charge < -0.3 is 9.67 Å². The third-order valence-corrected chi connectivity index (χ3v) is 4.77. The van der Waals surface area contributed by atoms with E-state index in [1.165, 1.54) is 0 Å². The second kappa shape index (κ2) is 5.58. The molecule has 1 heterocycles. The van der Waals surface area contributed by atoms with Crippen LogP contribution in [0.3, 0.4) is 0 Å². The molecule has 1 aromatic rings. The van der Waals surface area contributed by atoms with E-state index in [2.05, 4.69) is 4.98 Å². The Hall–Kier alpha value is -0.970. The van der Waals surface area contributed by atoms with Crippen LogP contribution in [-0.4, -0.2) is 25.9 Å². The van der Waals surface area contributed by atoms with E-state index in [1.54, 1.807) is 18.0 Å². The number of thioether (sulfide) groups is 1. The average molecular weight is 254 g/mol. The fourth-order valence-electron chi connectivity index (χ4n) is 2.30. The minimum Gasteiger partial charge on any atom is -0.481 e. The van der Waals surface area contributed by atoms with Crippen LogP contribution in [-0.2, 0) is 11.8 Å². The Morgan fingerprint density at radius 2 is 2.24 bits per heavy atom. The maximum Gasteiger partial charge on any atom is 0.307 e. The van der Waals surface area contributed by atoms with Crippen LogP contribution in [0.5, 0.6) is 0 Å². The predicted molar refractivity (Wildman–Crippen MR) is 67.1 cm³/mol. The fraction of sp³-hybridized carbons (Fsp3) is 0.667. The van der Waals surface area contributed by atoms with Crippen LogP contribution in [0.25, 0.3) is 0 Å². The Labute approximate surface area is 105 Å². The summed E-state index contributed by atoms with van der Waals surface area (Å²) >= 11 is 1.62. The first-order valence-electron chi connectivity index (χ1n) is 6.05. The predicted octanol–water partition coefficient (Wildman–Crippen LogP) is 2.55. The van der Waals surface area contributed by atoms with Crippen molar-refractivity contribution in [3.05, 3.63) is 12.4 Å². The lowest BCUT2D eigenvalue weighted by molar-refractivity contribution is -0.141. The number of aryl methyl sites for hydroxylation is 1. The summed E-state index contributed by atoms with van der Waals surface area (Å²) in [6.45, 7) is 0. The van der Waals surface area contributed by atoms with E-state index < -0.39 is 5.97 Å². The van der Waals surface area contributed by atoms with Crippen molar-refractivity contribution in [2.24, 2.45) is 13.0 Å². The summed E-state index contributed by atoms with van der Waals surface area (Å²) in [5.41, 5.74) is 0. The lowest BCUT2D eigenvalue weighted by Crippen LogP contribution is -2.25. The van der Waals surface area contributed by atoms with E-state index in [-0.39, 0.29) is 11.2 Å². The Balaban J connectivity index is 2.10. The first-order valence-corrected chi connectivity index (χ1v) is 6.93. The number of nitrogens with zero attached hydrogens (tertiary/aromatic N) is 2. The van der Waals surface area contributed by atoms with Crippen molar-refractivity contribution in [2.75, 3.05) is 0 Å². The smallest absolute Gasteiger partial charge is 0.307 e. The van der Waals surface area contributed by atoms with Crippen molar-refractivity contribution >= 4 is 17.7 Å². The standard InChI is InChI=1S/C12H18N2O2S/c1-14-8-7-13-12(14)17-10-6-4-2-3-5-9(10)11(15)16/h7-10H,2-6H2,1H3,(H,15,16). The van der Waals surface area contributed by atoms with Gasteiger partial charge in [0.15, 0.2) is 5.16 Å². The molecule has 17 heavy (non-hydrogen) atoms. The van der Waals surface area contributed by atoms with Crippen LogP contribution >= 0.6 is 11.8 Å². The number of carboxylic acids is 1. The summed E-state index contributed by atoms with van der Waals surface area (Å²) in [6, 6.07) is 0. The lowest BCUT2D eigenvalue weighted by Gasteiger charge is -2.20. The number of aromatic nitrogens is 2. The topological polar surface area (TPSA) is 55.1 Å². The van der Waals surface area contributed by atoms with Crippen molar-refractivity contribution in [1.29, 1.82) is 0 Å². The molecular formula is C12H18N2O2S. The van der Waals surface area contributed by atoms with Gasteiger partial charge in [0.25, 0.3) is 0 Å². The number of carboxylic acid groups (broad SMARTS) is 1. The molecule has 0 saturated heterocycles. The van der Waals surface area contributed by atoms with Gasteiger partial charge in [-0.15, -0.1) is 0 Å². The van der Waals surface area contributed by atoms with Gasteiger partial charge >= 0.3 is 5.97 Å². The molecule has 1 aliphatic rings. The van der Waals surface area contributed by atoms with Crippen LogP contribution in [0.1, 0.15) is 32.1 Å². The highest BCUT2D eigenvalue weighted by atomic mass is 32.2. The molecule has 1 saturated carbocycles. The summed E-state index contributed by atoms with van der Waals surface area (Å²) in [7, 11) is 1.95. The number of rotatable bonds is 3. The molecule has 0 amide bonds. The van der Waals surface area contributed by atoms with E-state index in [9.17, 15) is 9.90 Å². The molecule has 94 valence electrons. The van der Waals surface area contributed by atoms with E-state index in [0.29, 0.717) is 0 Å². The number of hydrogen-bond acceptors (Lipinski definition) is 3. The third-order valence-electron chi connectivity index (χ3n) is 3.30. The average Bonchev–Trinajstić information content (AvgIpc) is 2.55. The van der Waals surface area contributed by atoms with E-state index in [1.807, 2.05) is 17.8 Å². The molecule has 0 aliphatic heterocycles. The molecule has 1 aromatic heterocycles. The van der Waals surface area contributed by atoms with Gasteiger partial charge in [-0.1, -0.05) is 31.0 Å². The van der Waals surface area contributed by atoms with E-state index in [0.717, 1.165) is 37.3 Å². The molecule has 0 aromatic carbocycles. The zero-order chi connectivity index (χ0) is 12.3. The highest BCUT2D eigenvalue weighted by Gasteiger charge is 2.30. The molecule has 1 aliphatic carbocycles. The maximum absolute atomic E-state index is 11.3. The highest BCUT2D eigenvalue weighted by molar-refractivity contribution is 7.99. The van der Waals surface area contributed by atoms with Crippen LogP contribution in [0.15, 0.2) is 17.6 Å². The number of hydrogen-bond donors (Lipinski definition) is 1. The van der Waals surface area contributed by atoms with Crippen molar-refractivity contribution in [3.8, 4) is 0 Å². The first-order chi connectivity index (χ1) is 8.18. The van der Waals surface area contributed by atoms with Crippen molar-refractivity contribution in [2.45, 2.75) is 42.5 Å². The summed E-state index contributed by atoms with van der Waals surface area (Å²) in [6.07, 6.45) is 8.76. The molecule has 2 unspecified atom stereocenters. The third kappa shape index (κ3) is 3.03. The normalized spacial score (nSPS) is 25.5. The Bertz CT molecular complexity index is 392. The van der Waals surface area contributed by atoms with Crippen molar-refractivity contribution in [3.63, 3.8) is 0 Å². The summed E-state index contributed by atoms with van der Waals surface area (Å²) in [5, 5.41) is 10.4. The van der Waals surface area contributed by atoms with Crippen molar-refractivity contribution in [1.82, 2.24) is 9.55 Å². The SMILES string of the molecule is Cn1ccnc1SC1CCCCCC1C(=O)O. The van der Waals surface area contributed by atoms with E-state index in [4.69, 9.17) is 0 Å². The van der Waals surface area contributed by atoms with Gasteiger partial charge in [-0.05, 0) is 12.8 Å². The highest BCUT2D eigenvalue weighted by Crippen LogP contribution is 2.35. The molecule has 4 nitrogen and oxygen atoms in total. The largest absolute Gasteiger partial charge is 0.481 e. The Morgan fingerprint density at radius 1 is 1.47 bits per heavy atom. The Morgan fingerprint density at radius 3 is 2.88 bits per heavy atom. The molecule has 5 heteroatoms. The van der Waals surface area contributed by atoms with E-state index >= 15 is 0 Å². The molecule has 2 atom stereocenters. The quantitative estimate of drug-likeness (QED) is 0.842. The van der Waals surface area contributed by atoms with Gasteiger partial charge in [0.1, 0.15) is 0 Å². The van der Waals surface area contributed by atoms with Gasteiger partial charge in [-0.2, -0.15) is 0 Å². The molecule has 1 N–H and O–H groups in total. The van der Waals surface area contributed by atoms with Crippen molar-refractivity contribution < 1.29 is 9.90 Å². The molecule has 0 spiro atoms. The molecule has 1 fully saturated rings. The number of aliphatic carboxylic acids is 1. The zero-order valence-electron chi connectivity index (χ0n) is 10.0. The second-order valence-electron chi connectivity index (χ2n) is 4.56. The molecule has 2 rings (SSSR count). The summed E-state index contributed by atoms with van der Waals surface area (Å²) < 4.78 is 1.95. The van der Waals surface area contributed by atoms with Crippen LogP contribution in [0.2, 0.25) is 0 Å². The minimum atomic E-state index is -0.654. The number of imidazole rings is 1. The first kappa shape index (κ1) is 12.5. The monoisotopic (exact) mass is 254 g/mol. The van der Waals surface area contributed by atoms with Gasteiger partial charge in [0.2, 0.25) is 0 Å². The molecule has 0 bridgehead atoms. The maximum atomic E-state index is 11.3. The summed E-state index contributed by atoms with van der Waals surface area (Å²) in [4.78, 5) is 15.6. The molecule has 0 radical (unpaired) electrons. The van der Waals surface area contributed by atoms with Gasteiger partial charge in [-0.25, -0.2) is 4.98 Å². The zero-order valence-corrected chi connectivity index (χ0v) is 10.8. The van der Waals surface area contributed by atoms with Crippen LogP contribution in [0, 0.1) is 5.92 Å². The van der Waals surface area contributed by atoms with Crippen LogP contribution in [0.4, 0.5) is 0 Å². The van der Waals surface area contributed by atoms with Gasteiger partial charge in [0, 0.05) is 24.7 Å². The Kier molecular flexibility index (Phi) is 4.10. The second-order valence-corrected chi connectivity index (χ2v) is 5.77. The lowest BCUT2D eigenvalue weighted by atomic mass is 10.0. The number of carbonyl (C=O) groups is 1. The summed E-state index contributed by atoms with van der Waals surface area (Å²) in [5.74, 6) is -0.877. The van der Waals surface area contributed by atoms with Gasteiger partial charge in [-0.3, -0.25) is 4.79 Å².